The van der Waals surface area contributed by atoms with Crippen molar-refractivity contribution in [1.29, 1.82) is 0 Å². The highest BCUT2D eigenvalue weighted by Crippen LogP contribution is 2.36. The summed E-state index contributed by atoms with van der Waals surface area (Å²) in [6.07, 6.45) is 0. The van der Waals surface area contributed by atoms with Crippen LogP contribution in [0.4, 0.5) is 0 Å². The molecule has 1 aromatic heterocycles. The molecule has 0 bridgehead atoms. The van der Waals surface area contributed by atoms with Gasteiger partial charge < -0.3 is 4.42 Å². The van der Waals surface area contributed by atoms with Crippen LogP contribution in [0.3, 0.4) is 0 Å². The normalized spacial score (nSPS) is 11.5. The first kappa shape index (κ1) is 11.8. The Morgan fingerprint density at radius 1 is 0.765 bits per heavy atom. The zero-order chi connectivity index (χ0) is 12.2. The molecule has 0 amide bonds. The number of rotatable bonds is 0. The maximum absolute atomic E-state index is 6.06. The van der Waals surface area contributed by atoms with Crippen molar-refractivity contribution in [2.24, 2.45) is 0 Å². The third kappa shape index (κ3) is 1.69. The van der Waals surface area contributed by atoms with Gasteiger partial charge >= 0.3 is 0 Å². The second-order valence-electron chi connectivity index (χ2n) is 4.25. The fourth-order valence-corrected chi connectivity index (χ4v) is 3.20. The van der Waals surface area contributed by atoms with Gasteiger partial charge in [0.2, 0.25) is 0 Å². The van der Waals surface area contributed by atoms with Gasteiger partial charge in [-0.15, -0.1) is 0 Å². The number of aryl methyl sites for hydroxylation is 2. The van der Waals surface area contributed by atoms with Gasteiger partial charge in [0.05, 0.1) is 7.14 Å². The van der Waals surface area contributed by atoms with Crippen molar-refractivity contribution in [3.8, 4) is 0 Å². The molecule has 0 aliphatic carbocycles. The third-order valence-corrected chi connectivity index (χ3v) is 5.76. The van der Waals surface area contributed by atoms with E-state index in [4.69, 9.17) is 4.42 Å². The van der Waals surface area contributed by atoms with Gasteiger partial charge in [0.15, 0.2) is 0 Å². The van der Waals surface area contributed by atoms with Crippen molar-refractivity contribution >= 4 is 67.1 Å². The number of furan rings is 1. The van der Waals surface area contributed by atoms with Crippen LogP contribution in [0.1, 0.15) is 11.1 Å². The molecule has 0 saturated heterocycles. The molecule has 0 aliphatic rings. The summed E-state index contributed by atoms with van der Waals surface area (Å²) >= 11 is 4.72. The van der Waals surface area contributed by atoms with E-state index < -0.39 is 0 Å². The molecule has 3 rings (SSSR count). The van der Waals surface area contributed by atoms with Crippen molar-refractivity contribution in [2.75, 3.05) is 0 Å². The Bertz CT molecular complexity index is 679. The van der Waals surface area contributed by atoms with Gasteiger partial charge in [-0.1, -0.05) is 24.3 Å². The highest BCUT2D eigenvalue weighted by Gasteiger charge is 2.13. The fraction of sp³-hybridized carbons (Fsp3) is 0.143. The maximum Gasteiger partial charge on any atom is 0.149 e. The van der Waals surface area contributed by atoms with Crippen LogP contribution in [0.15, 0.2) is 28.7 Å². The summed E-state index contributed by atoms with van der Waals surface area (Å²) in [5, 5.41) is 2.43. The van der Waals surface area contributed by atoms with Gasteiger partial charge in [-0.3, -0.25) is 0 Å². The van der Waals surface area contributed by atoms with Crippen LogP contribution >= 0.6 is 45.2 Å². The van der Waals surface area contributed by atoms with E-state index >= 15 is 0 Å². The number of fused-ring (bicyclic) bond motifs is 3. The Kier molecular flexibility index (Phi) is 2.85. The van der Waals surface area contributed by atoms with Crippen LogP contribution in [0, 0.1) is 21.0 Å². The molecule has 1 heterocycles. The van der Waals surface area contributed by atoms with Crippen molar-refractivity contribution < 1.29 is 4.42 Å². The fourth-order valence-electron chi connectivity index (χ4n) is 2.03. The minimum absolute atomic E-state index is 1.02. The summed E-state index contributed by atoms with van der Waals surface area (Å²) < 4.78 is 8.49. The van der Waals surface area contributed by atoms with E-state index in [1.165, 1.54) is 29.0 Å². The van der Waals surface area contributed by atoms with E-state index in [1.807, 2.05) is 0 Å². The molecule has 0 radical (unpaired) electrons. The maximum atomic E-state index is 6.06. The molecule has 0 fully saturated rings. The van der Waals surface area contributed by atoms with Crippen molar-refractivity contribution in [3.63, 3.8) is 0 Å². The lowest BCUT2D eigenvalue weighted by atomic mass is 10.1. The van der Waals surface area contributed by atoms with E-state index in [-0.39, 0.29) is 0 Å². The Labute approximate surface area is 127 Å². The first-order valence-corrected chi connectivity index (χ1v) is 7.52. The summed E-state index contributed by atoms with van der Waals surface area (Å²) in [5.41, 5.74) is 4.57. The molecule has 0 atom stereocenters. The minimum atomic E-state index is 1.02. The van der Waals surface area contributed by atoms with E-state index in [0.29, 0.717) is 0 Å². The molecular formula is C14H10I2O. The Hall–Kier alpha value is -0.300. The van der Waals surface area contributed by atoms with Crippen LogP contribution in [-0.4, -0.2) is 0 Å². The third-order valence-electron chi connectivity index (χ3n) is 3.07. The van der Waals surface area contributed by atoms with Crippen molar-refractivity contribution in [1.82, 2.24) is 0 Å². The molecule has 0 unspecified atom stereocenters. The summed E-state index contributed by atoms with van der Waals surface area (Å²) in [4.78, 5) is 0. The standard InChI is InChI=1S/C14H10I2O/c1-7-3-5-9-10-6-4-8(2)12(16)14(10)17-13(9)11(7)15/h3-6H,1-2H3. The minimum Gasteiger partial charge on any atom is -0.454 e. The average Bonchev–Trinajstić information content (AvgIpc) is 2.69. The molecule has 0 spiro atoms. The number of hydrogen-bond acceptors (Lipinski definition) is 1. The molecule has 3 heteroatoms. The van der Waals surface area contributed by atoms with Gasteiger partial charge in [0.1, 0.15) is 11.2 Å². The summed E-state index contributed by atoms with van der Waals surface area (Å²) in [5.74, 6) is 0. The SMILES string of the molecule is Cc1ccc2c(oc3c(I)c(C)ccc32)c1I. The van der Waals surface area contributed by atoms with Gasteiger partial charge in [-0.25, -0.2) is 0 Å². The zero-order valence-corrected chi connectivity index (χ0v) is 13.8. The molecule has 17 heavy (non-hydrogen) atoms. The molecule has 0 aliphatic heterocycles. The second-order valence-corrected chi connectivity index (χ2v) is 6.41. The topological polar surface area (TPSA) is 13.1 Å². The van der Waals surface area contributed by atoms with Gasteiger partial charge in [0.25, 0.3) is 0 Å². The number of hydrogen-bond donors (Lipinski definition) is 0. The molecule has 0 N–H and O–H groups in total. The van der Waals surface area contributed by atoms with E-state index in [1.54, 1.807) is 0 Å². The molecule has 0 saturated carbocycles. The van der Waals surface area contributed by atoms with E-state index in [9.17, 15) is 0 Å². The quantitative estimate of drug-likeness (QED) is 0.420. The number of benzene rings is 2. The lowest BCUT2D eigenvalue weighted by Gasteiger charge is -1.97. The monoisotopic (exact) mass is 448 g/mol. The van der Waals surface area contributed by atoms with Gasteiger partial charge in [-0.2, -0.15) is 0 Å². The largest absolute Gasteiger partial charge is 0.454 e. The van der Waals surface area contributed by atoms with Crippen molar-refractivity contribution in [2.45, 2.75) is 13.8 Å². The first-order chi connectivity index (χ1) is 8.09. The summed E-state index contributed by atoms with van der Waals surface area (Å²) in [7, 11) is 0. The number of halogens is 2. The summed E-state index contributed by atoms with van der Waals surface area (Å²) in [6.45, 7) is 4.23. The van der Waals surface area contributed by atoms with Crippen LogP contribution < -0.4 is 0 Å². The Morgan fingerprint density at radius 3 is 1.59 bits per heavy atom. The first-order valence-electron chi connectivity index (χ1n) is 5.36. The van der Waals surface area contributed by atoms with Crippen molar-refractivity contribution in [3.05, 3.63) is 42.5 Å². The highest BCUT2D eigenvalue weighted by atomic mass is 127. The lowest BCUT2D eigenvalue weighted by Crippen LogP contribution is -1.79. The average molecular weight is 448 g/mol. The molecule has 86 valence electrons. The Morgan fingerprint density at radius 2 is 1.18 bits per heavy atom. The zero-order valence-electron chi connectivity index (χ0n) is 9.47. The van der Waals surface area contributed by atoms with Crippen LogP contribution in [0.5, 0.6) is 0 Å². The smallest absolute Gasteiger partial charge is 0.149 e. The lowest BCUT2D eigenvalue weighted by molar-refractivity contribution is 0.663. The molecule has 2 aromatic carbocycles. The van der Waals surface area contributed by atoms with Crippen LogP contribution in [-0.2, 0) is 0 Å². The van der Waals surface area contributed by atoms with Gasteiger partial charge in [0, 0.05) is 10.8 Å². The van der Waals surface area contributed by atoms with Crippen LogP contribution in [0.25, 0.3) is 21.9 Å². The van der Waals surface area contributed by atoms with Gasteiger partial charge in [-0.05, 0) is 70.2 Å². The highest BCUT2D eigenvalue weighted by molar-refractivity contribution is 14.1. The predicted octanol–water partition coefficient (Wildman–Crippen LogP) is 5.41. The molecule has 3 aromatic rings. The van der Waals surface area contributed by atoms with Crippen LogP contribution in [0.2, 0.25) is 0 Å². The summed E-state index contributed by atoms with van der Waals surface area (Å²) in [6, 6.07) is 8.63. The predicted molar refractivity (Wildman–Crippen MR) is 88.6 cm³/mol. The molecule has 1 nitrogen and oxygen atoms in total. The van der Waals surface area contributed by atoms with E-state index in [2.05, 4.69) is 83.3 Å². The second kappa shape index (κ2) is 4.12. The Balaban J connectivity index is 2.58. The van der Waals surface area contributed by atoms with E-state index in [0.717, 1.165) is 11.2 Å². The molecular weight excluding hydrogens is 438 g/mol.